The number of carbonyl (C=O) groups excluding carboxylic acids is 2. The molecule has 0 radical (unpaired) electrons. The van der Waals surface area contributed by atoms with Crippen molar-refractivity contribution in [1.29, 1.82) is 0 Å². The zero-order valence-electron chi connectivity index (χ0n) is 15.4. The minimum atomic E-state index is -1.16. The molecular formula is C21H20ClN3O4. The van der Waals surface area contributed by atoms with Gasteiger partial charge in [0.25, 0.3) is 5.91 Å². The zero-order chi connectivity index (χ0) is 20.8. The molecule has 2 amide bonds. The van der Waals surface area contributed by atoms with E-state index < -0.39 is 24.5 Å². The van der Waals surface area contributed by atoms with E-state index in [1.165, 1.54) is 12.1 Å². The molecule has 1 atom stereocenters. The van der Waals surface area contributed by atoms with Crippen LogP contribution in [0.2, 0.25) is 5.02 Å². The first-order valence-corrected chi connectivity index (χ1v) is 9.26. The van der Waals surface area contributed by atoms with E-state index in [9.17, 15) is 19.8 Å². The van der Waals surface area contributed by atoms with Gasteiger partial charge in [0, 0.05) is 29.6 Å². The predicted octanol–water partition coefficient (Wildman–Crippen LogP) is 2.24. The van der Waals surface area contributed by atoms with Gasteiger partial charge in [0.05, 0.1) is 12.2 Å². The number of rotatable bonds is 7. The fraction of sp³-hybridized carbons (Fsp3) is 0.143. The Morgan fingerprint density at radius 2 is 1.76 bits per heavy atom. The lowest BCUT2D eigenvalue weighted by molar-refractivity contribution is -0.124. The van der Waals surface area contributed by atoms with Crippen LogP contribution in [0.3, 0.4) is 0 Å². The molecule has 150 valence electrons. The zero-order valence-corrected chi connectivity index (χ0v) is 16.1. The number of phenols is 1. The third kappa shape index (κ3) is 5.16. The van der Waals surface area contributed by atoms with Crippen LogP contribution in [0, 0.1) is 0 Å². The summed E-state index contributed by atoms with van der Waals surface area (Å²) in [5.74, 6) is -1.44. The van der Waals surface area contributed by atoms with Crippen molar-refractivity contribution in [3.63, 3.8) is 0 Å². The number of carbonyl (C=O) groups is 2. The van der Waals surface area contributed by atoms with Gasteiger partial charge >= 0.3 is 0 Å². The molecule has 0 saturated carbocycles. The summed E-state index contributed by atoms with van der Waals surface area (Å²) in [6, 6.07) is 14.0. The van der Waals surface area contributed by atoms with E-state index in [-0.39, 0.29) is 17.9 Å². The van der Waals surface area contributed by atoms with E-state index in [4.69, 9.17) is 11.6 Å². The minimum Gasteiger partial charge on any atom is -0.507 e. The van der Waals surface area contributed by atoms with Crippen molar-refractivity contribution >= 4 is 23.4 Å². The molecular weight excluding hydrogens is 394 g/mol. The topological polar surface area (TPSA) is 104 Å². The molecule has 0 aliphatic rings. The third-order valence-electron chi connectivity index (χ3n) is 4.31. The first kappa shape index (κ1) is 20.4. The highest BCUT2D eigenvalue weighted by atomic mass is 35.5. The monoisotopic (exact) mass is 413 g/mol. The van der Waals surface area contributed by atoms with Crippen molar-refractivity contribution in [1.82, 2.24) is 15.2 Å². The number of nitrogens with zero attached hydrogens (tertiary/aromatic N) is 1. The highest BCUT2D eigenvalue weighted by molar-refractivity contribution is 6.30. The average Bonchev–Trinajstić information content (AvgIpc) is 3.26. The van der Waals surface area contributed by atoms with Gasteiger partial charge in [-0.1, -0.05) is 23.7 Å². The van der Waals surface area contributed by atoms with Crippen LogP contribution in [0.5, 0.6) is 5.75 Å². The molecule has 2 aromatic carbocycles. The number of halogens is 1. The van der Waals surface area contributed by atoms with Gasteiger partial charge in [-0.3, -0.25) is 9.59 Å². The number of aliphatic hydroxyl groups excluding tert-OH is 1. The van der Waals surface area contributed by atoms with Crippen LogP contribution in [0.25, 0.3) is 5.69 Å². The largest absolute Gasteiger partial charge is 0.507 e. The van der Waals surface area contributed by atoms with Crippen LogP contribution in [-0.2, 0) is 11.3 Å². The van der Waals surface area contributed by atoms with Crippen LogP contribution < -0.4 is 10.6 Å². The van der Waals surface area contributed by atoms with E-state index >= 15 is 0 Å². The summed E-state index contributed by atoms with van der Waals surface area (Å²) in [4.78, 5) is 24.9. The molecule has 0 aliphatic heterocycles. The van der Waals surface area contributed by atoms with Gasteiger partial charge in [-0.25, -0.2) is 0 Å². The molecule has 0 aliphatic carbocycles. The van der Waals surface area contributed by atoms with Gasteiger partial charge in [-0.15, -0.1) is 0 Å². The van der Waals surface area contributed by atoms with Gasteiger partial charge < -0.3 is 25.4 Å². The van der Waals surface area contributed by atoms with Gasteiger partial charge in [0.2, 0.25) is 5.91 Å². The SMILES string of the molecule is O=C(N[C@@H](CO)C(=O)NCc1ccc(Cl)cc1)c1cc(-n2cccc2)ccc1O. The van der Waals surface area contributed by atoms with Crippen LogP contribution >= 0.6 is 11.6 Å². The summed E-state index contributed by atoms with van der Waals surface area (Å²) in [7, 11) is 0. The number of benzene rings is 2. The molecule has 1 aromatic heterocycles. The number of aromatic nitrogens is 1. The molecule has 3 aromatic rings. The summed E-state index contributed by atoms with van der Waals surface area (Å²) in [6.07, 6.45) is 3.60. The van der Waals surface area contributed by atoms with Gasteiger partial charge in [-0.2, -0.15) is 0 Å². The van der Waals surface area contributed by atoms with Crippen molar-refractivity contribution in [2.75, 3.05) is 6.61 Å². The van der Waals surface area contributed by atoms with E-state index in [2.05, 4.69) is 10.6 Å². The second-order valence-electron chi connectivity index (χ2n) is 6.34. The van der Waals surface area contributed by atoms with E-state index in [0.717, 1.165) is 5.56 Å². The van der Waals surface area contributed by atoms with Crippen LogP contribution in [-0.4, -0.2) is 39.2 Å². The van der Waals surface area contributed by atoms with Crippen molar-refractivity contribution in [2.45, 2.75) is 12.6 Å². The fourth-order valence-electron chi connectivity index (χ4n) is 2.72. The molecule has 1 heterocycles. The van der Waals surface area contributed by atoms with Gasteiger partial charge in [0.1, 0.15) is 11.8 Å². The van der Waals surface area contributed by atoms with Crippen LogP contribution in [0.4, 0.5) is 0 Å². The molecule has 0 saturated heterocycles. The van der Waals surface area contributed by atoms with E-state index in [1.807, 2.05) is 12.1 Å². The molecule has 0 unspecified atom stereocenters. The van der Waals surface area contributed by atoms with Crippen molar-refractivity contribution in [2.24, 2.45) is 0 Å². The van der Waals surface area contributed by atoms with Crippen LogP contribution in [0.15, 0.2) is 67.0 Å². The Balaban J connectivity index is 1.66. The standard InChI is InChI=1S/C21H20ClN3O4/c22-15-5-3-14(4-6-15)12-23-21(29)18(13-26)24-20(28)17-11-16(7-8-19(17)27)25-9-1-2-10-25/h1-11,18,26-27H,12-13H2,(H,23,29)(H,24,28)/t18-/m0/s1. The lowest BCUT2D eigenvalue weighted by Gasteiger charge is -2.17. The van der Waals surface area contributed by atoms with Gasteiger partial charge in [0.15, 0.2) is 0 Å². The molecule has 3 rings (SSSR count). The summed E-state index contributed by atoms with van der Waals surface area (Å²) >= 11 is 5.83. The second-order valence-corrected chi connectivity index (χ2v) is 6.78. The maximum Gasteiger partial charge on any atom is 0.255 e. The average molecular weight is 414 g/mol. The Kier molecular flexibility index (Phi) is 6.54. The third-order valence-corrected chi connectivity index (χ3v) is 4.56. The smallest absolute Gasteiger partial charge is 0.255 e. The Morgan fingerprint density at radius 1 is 1.07 bits per heavy atom. The van der Waals surface area contributed by atoms with Crippen molar-refractivity contribution < 1.29 is 19.8 Å². The first-order valence-electron chi connectivity index (χ1n) is 8.88. The highest BCUT2D eigenvalue weighted by Crippen LogP contribution is 2.21. The van der Waals surface area contributed by atoms with Crippen molar-refractivity contribution in [3.05, 3.63) is 83.1 Å². The number of phenolic OH excluding ortho intramolecular Hbond substituents is 1. The number of hydrogen-bond acceptors (Lipinski definition) is 4. The van der Waals surface area contributed by atoms with E-state index in [1.54, 1.807) is 47.3 Å². The molecule has 0 fully saturated rings. The number of aliphatic hydroxyl groups is 1. The molecule has 7 nitrogen and oxygen atoms in total. The lowest BCUT2D eigenvalue weighted by atomic mass is 10.1. The number of hydrogen-bond donors (Lipinski definition) is 4. The number of nitrogens with one attached hydrogen (secondary N) is 2. The molecule has 0 bridgehead atoms. The number of amides is 2. The minimum absolute atomic E-state index is 0.000140. The maximum absolute atomic E-state index is 12.6. The predicted molar refractivity (Wildman–Crippen MR) is 109 cm³/mol. The quantitative estimate of drug-likeness (QED) is 0.477. The summed E-state index contributed by atoms with van der Waals surface area (Å²) < 4.78 is 1.78. The highest BCUT2D eigenvalue weighted by Gasteiger charge is 2.22. The summed E-state index contributed by atoms with van der Waals surface area (Å²) in [6.45, 7) is -0.368. The summed E-state index contributed by atoms with van der Waals surface area (Å²) in [5.41, 5.74) is 1.49. The molecule has 0 spiro atoms. The summed E-state index contributed by atoms with van der Waals surface area (Å²) in [5, 5.41) is 25.3. The second kappa shape index (κ2) is 9.27. The Labute approximate surface area is 172 Å². The Morgan fingerprint density at radius 3 is 2.41 bits per heavy atom. The van der Waals surface area contributed by atoms with E-state index in [0.29, 0.717) is 10.7 Å². The Hall–Kier alpha value is -3.29. The van der Waals surface area contributed by atoms with Crippen LogP contribution in [0.1, 0.15) is 15.9 Å². The number of aromatic hydroxyl groups is 1. The first-order chi connectivity index (χ1) is 14.0. The van der Waals surface area contributed by atoms with Crippen molar-refractivity contribution in [3.8, 4) is 11.4 Å². The maximum atomic E-state index is 12.6. The molecule has 8 heteroatoms. The fourth-order valence-corrected chi connectivity index (χ4v) is 2.84. The Bertz CT molecular complexity index is 988. The molecule has 4 N–H and O–H groups in total. The normalized spacial score (nSPS) is 11.7. The van der Waals surface area contributed by atoms with Gasteiger partial charge in [-0.05, 0) is 48.0 Å². The lowest BCUT2D eigenvalue weighted by Crippen LogP contribution is -2.48. The molecule has 29 heavy (non-hydrogen) atoms.